The first-order chi connectivity index (χ1) is 15.3. The third-order valence-electron chi connectivity index (χ3n) is 13.1. The molecular formula is C30H50O3. The molecule has 33 heavy (non-hydrogen) atoms. The van der Waals surface area contributed by atoms with Crippen molar-refractivity contribution in [3.63, 3.8) is 0 Å². The molecule has 5 rings (SSSR count). The van der Waals surface area contributed by atoms with Crippen LogP contribution in [0.4, 0.5) is 0 Å². The zero-order chi connectivity index (χ0) is 24.1. The van der Waals surface area contributed by atoms with Crippen LogP contribution in [-0.4, -0.2) is 22.1 Å². The summed E-state index contributed by atoms with van der Waals surface area (Å²) in [6.45, 7) is 16.4. The molecule has 5 fully saturated rings. The minimum absolute atomic E-state index is 0.0828. The van der Waals surface area contributed by atoms with E-state index in [1.54, 1.807) is 0 Å². The first-order valence-corrected chi connectivity index (χ1v) is 14.0. The third-order valence-corrected chi connectivity index (χ3v) is 13.1. The van der Waals surface area contributed by atoms with Crippen molar-refractivity contribution >= 4 is 0 Å². The standard InChI is InChI=1S/C30H50O3/c1-20(9-8-14-25(2,3)33-32)21-12-15-28(7)23-11-10-22-26(4,5)24(31)13-16-29(22)19-30(23,29)18-17-27(21,28)6/h8,14,20-24,31-32H,9-13,15-19H2,1-7H3/b14-8-/t20-,21-,22+,23+,24+,27-,28+,29-,30+/m1/s1. The zero-order valence-corrected chi connectivity index (χ0v) is 22.4. The van der Waals surface area contributed by atoms with Gasteiger partial charge in [0.15, 0.2) is 0 Å². The molecule has 0 aromatic heterocycles. The summed E-state index contributed by atoms with van der Waals surface area (Å²) in [5, 5.41) is 20.0. The van der Waals surface area contributed by atoms with Gasteiger partial charge in [-0.25, -0.2) is 4.89 Å². The van der Waals surface area contributed by atoms with Crippen molar-refractivity contribution in [2.24, 2.45) is 50.7 Å². The maximum absolute atomic E-state index is 10.8. The topological polar surface area (TPSA) is 49.7 Å². The summed E-state index contributed by atoms with van der Waals surface area (Å²) < 4.78 is 0. The largest absolute Gasteiger partial charge is 0.393 e. The Labute approximate surface area is 202 Å². The lowest BCUT2D eigenvalue weighted by Crippen LogP contribution is -2.57. The fraction of sp³-hybridized carbons (Fsp3) is 0.933. The van der Waals surface area contributed by atoms with Gasteiger partial charge in [0.1, 0.15) is 5.60 Å². The second kappa shape index (κ2) is 7.32. The Kier molecular flexibility index (Phi) is 5.40. The maximum Gasteiger partial charge on any atom is 0.116 e. The maximum atomic E-state index is 10.8. The van der Waals surface area contributed by atoms with Gasteiger partial charge in [0.2, 0.25) is 0 Å². The highest BCUT2D eigenvalue weighted by Gasteiger charge is 2.82. The summed E-state index contributed by atoms with van der Waals surface area (Å²) in [5.74, 6) is 3.03. The zero-order valence-electron chi connectivity index (χ0n) is 22.4. The molecule has 188 valence electrons. The number of fused-ring (bicyclic) bond motifs is 2. The Balaban J connectivity index is 1.38. The van der Waals surface area contributed by atoms with Gasteiger partial charge in [0.25, 0.3) is 0 Å². The molecule has 2 N–H and O–H groups in total. The molecule has 5 aliphatic rings. The molecule has 0 heterocycles. The number of aliphatic hydroxyl groups is 1. The van der Waals surface area contributed by atoms with Crippen molar-refractivity contribution < 1.29 is 15.3 Å². The molecule has 2 spiro atoms. The fourth-order valence-corrected chi connectivity index (χ4v) is 11.1. The van der Waals surface area contributed by atoms with E-state index in [1.165, 1.54) is 51.4 Å². The Morgan fingerprint density at radius 2 is 1.58 bits per heavy atom. The van der Waals surface area contributed by atoms with E-state index in [4.69, 9.17) is 5.26 Å². The number of hydrogen-bond donors (Lipinski definition) is 2. The molecule has 0 aromatic carbocycles. The van der Waals surface area contributed by atoms with Crippen LogP contribution < -0.4 is 0 Å². The summed E-state index contributed by atoms with van der Waals surface area (Å²) in [6.07, 6.45) is 17.3. The van der Waals surface area contributed by atoms with Crippen LogP contribution in [0.25, 0.3) is 0 Å². The normalized spacial score (nSPS) is 51.4. The highest BCUT2D eigenvalue weighted by atomic mass is 17.1. The van der Waals surface area contributed by atoms with Crippen LogP contribution in [0.1, 0.15) is 113 Å². The van der Waals surface area contributed by atoms with Gasteiger partial charge in [-0.2, -0.15) is 0 Å². The van der Waals surface area contributed by atoms with E-state index in [2.05, 4.69) is 45.6 Å². The molecule has 0 unspecified atom stereocenters. The summed E-state index contributed by atoms with van der Waals surface area (Å²) in [6, 6.07) is 0. The number of aliphatic hydroxyl groups excluding tert-OH is 1. The second-order valence-electron chi connectivity index (χ2n) is 14.8. The predicted molar refractivity (Wildman–Crippen MR) is 134 cm³/mol. The third kappa shape index (κ3) is 3.03. The predicted octanol–water partition coefficient (Wildman–Crippen LogP) is 7.64. The van der Waals surface area contributed by atoms with Gasteiger partial charge in [-0.05, 0) is 129 Å². The van der Waals surface area contributed by atoms with Gasteiger partial charge in [-0.1, -0.05) is 46.8 Å². The molecule has 3 nitrogen and oxygen atoms in total. The summed E-state index contributed by atoms with van der Waals surface area (Å²) >= 11 is 0. The summed E-state index contributed by atoms with van der Waals surface area (Å²) in [4.78, 5) is 4.60. The van der Waals surface area contributed by atoms with E-state index in [0.29, 0.717) is 27.6 Å². The molecule has 0 aromatic rings. The highest BCUT2D eigenvalue weighted by Crippen LogP contribution is 2.89. The molecule has 0 saturated heterocycles. The number of rotatable bonds is 5. The van der Waals surface area contributed by atoms with Crippen LogP contribution in [0, 0.1) is 50.7 Å². The summed E-state index contributed by atoms with van der Waals surface area (Å²) in [5.41, 5.74) is 1.47. The van der Waals surface area contributed by atoms with Crippen LogP contribution in [-0.2, 0) is 4.89 Å². The van der Waals surface area contributed by atoms with Gasteiger partial charge in [-0.15, -0.1) is 0 Å². The van der Waals surface area contributed by atoms with Gasteiger partial charge >= 0.3 is 0 Å². The average molecular weight is 459 g/mol. The number of hydrogen-bond acceptors (Lipinski definition) is 3. The molecule has 0 aliphatic heterocycles. The van der Waals surface area contributed by atoms with Gasteiger partial charge in [0, 0.05) is 0 Å². The molecule has 0 amide bonds. The van der Waals surface area contributed by atoms with Crippen LogP contribution in [0.2, 0.25) is 0 Å². The smallest absolute Gasteiger partial charge is 0.116 e. The van der Waals surface area contributed by atoms with Gasteiger partial charge < -0.3 is 5.11 Å². The SMILES string of the molecule is C[C@H](C/C=C\C(C)(C)OO)[C@H]1CC[C@@]2(C)[C@@H]3CC[C@H]4C(C)(C)[C@@H](O)CC[C@@]45C[C@@]35CC[C@]12C. The van der Waals surface area contributed by atoms with Crippen LogP contribution in [0.5, 0.6) is 0 Å². The molecule has 0 bridgehead atoms. The quantitative estimate of drug-likeness (QED) is 0.253. The van der Waals surface area contributed by atoms with E-state index in [-0.39, 0.29) is 11.5 Å². The molecule has 5 aliphatic carbocycles. The first-order valence-electron chi connectivity index (χ1n) is 14.0. The van der Waals surface area contributed by atoms with E-state index < -0.39 is 5.60 Å². The van der Waals surface area contributed by atoms with Crippen molar-refractivity contribution in [3.05, 3.63) is 12.2 Å². The van der Waals surface area contributed by atoms with Crippen molar-refractivity contribution in [1.82, 2.24) is 0 Å². The Hall–Kier alpha value is -0.380. The minimum Gasteiger partial charge on any atom is -0.393 e. The van der Waals surface area contributed by atoms with E-state index in [0.717, 1.165) is 30.6 Å². The molecule has 3 heteroatoms. The molecule has 0 radical (unpaired) electrons. The van der Waals surface area contributed by atoms with E-state index in [1.807, 2.05) is 19.9 Å². The van der Waals surface area contributed by atoms with Gasteiger partial charge in [0.05, 0.1) is 6.10 Å². The lowest BCUT2D eigenvalue weighted by atomic mass is 9.42. The lowest BCUT2D eigenvalue weighted by Gasteiger charge is -2.63. The molecule has 5 saturated carbocycles. The van der Waals surface area contributed by atoms with Crippen molar-refractivity contribution in [1.29, 1.82) is 0 Å². The fourth-order valence-electron chi connectivity index (χ4n) is 11.1. The van der Waals surface area contributed by atoms with Gasteiger partial charge in [-0.3, -0.25) is 5.26 Å². The average Bonchev–Trinajstić information content (AvgIpc) is 3.33. The number of allylic oxidation sites excluding steroid dienone is 1. The Morgan fingerprint density at radius 1 is 0.909 bits per heavy atom. The van der Waals surface area contributed by atoms with Crippen LogP contribution in [0.15, 0.2) is 12.2 Å². The second-order valence-corrected chi connectivity index (χ2v) is 14.8. The van der Waals surface area contributed by atoms with Crippen LogP contribution in [0.3, 0.4) is 0 Å². The first kappa shape index (κ1) is 24.3. The molecular weight excluding hydrogens is 408 g/mol. The Morgan fingerprint density at radius 3 is 2.27 bits per heavy atom. The Bertz CT molecular complexity index is 815. The highest BCUT2D eigenvalue weighted by molar-refractivity contribution is 5.30. The monoisotopic (exact) mass is 458 g/mol. The minimum atomic E-state index is -0.606. The molecule has 9 atom stereocenters. The van der Waals surface area contributed by atoms with Crippen LogP contribution >= 0.6 is 0 Å². The van der Waals surface area contributed by atoms with E-state index >= 15 is 0 Å². The van der Waals surface area contributed by atoms with Crippen molar-refractivity contribution in [2.75, 3.05) is 0 Å². The van der Waals surface area contributed by atoms with Crippen molar-refractivity contribution in [2.45, 2.75) is 124 Å². The lowest BCUT2D eigenvalue weighted by molar-refractivity contribution is -0.297. The van der Waals surface area contributed by atoms with E-state index in [9.17, 15) is 5.11 Å². The van der Waals surface area contributed by atoms with Crippen molar-refractivity contribution in [3.8, 4) is 0 Å². The summed E-state index contributed by atoms with van der Waals surface area (Å²) in [7, 11) is 0.